The van der Waals surface area contributed by atoms with Crippen LogP contribution in [-0.4, -0.2) is 25.7 Å². The highest BCUT2D eigenvalue weighted by molar-refractivity contribution is 5.95. The normalized spacial score (nSPS) is 10.6. The van der Waals surface area contributed by atoms with E-state index in [1.165, 1.54) is 24.7 Å². The van der Waals surface area contributed by atoms with Gasteiger partial charge in [0.2, 0.25) is 0 Å². The standard InChI is InChI=1S/C17H17FN6O/c1-2-15-14(9-23-24(15)13-5-3-12(18)4-6-13)17(25)21-8-11-7-20-10-22-16(11)19/h3-7,9-10H,2,8H2,1H3,(H,21,25)(H2,19,20,22). The van der Waals surface area contributed by atoms with Crippen LogP contribution >= 0.6 is 0 Å². The van der Waals surface area contributed by atoms with E-state index in [0.717, 1.165) is 5.69 Å². The molecule has 7 nitrogen and oxygen atoms in total. The van der Waals surface area contributed by atoms with Gasteiger partial charge < -0.3 is 11.1 Å². The van der Waals surface area contributed by atoms with Crippen LogP contribution in [0.5, 0.6) is 0 Å². The fourth-order valence-corrected chi connectivity index (χ4v) is 2.48. The van der Waals surface area contributed by atoms with Crippen LogP contribution in [-0.2, 0) is 13.0 Å². The zero-order valence-corrected chi connectivity index (χ0v) is 13.6. The molecule has 128 valence electrons. The van der Waals surface area contributed by atoms with Gasteiger partial charge in [0.1, 0.15) is 18.0 Å². The Kier molecular flexibility index (Phi) is 4.69. The van der Waals surface area contributed by atoms with Crippen molar-refractivity contribution in [2.75, 3.05) is 5.73 Å². The number of amides is 1. The topological polar surface area (TPSA) is 98.7 Å². The van der Waals surface area contributed by atoms with Crippen LogP contribution in [0.4, 0.5) is 10.2 Å². The number of hydrogen-bond donors (Lipinski definition) is 2. The van der Waals surface area contributed by atoms with Crippen molar-refractivity contribution in [2.24, 2.45) is 0 Å². The Balaban J connectivity index is 1.81. The van der Waals surface area contributed by atoms with E-state index in [1.807, 2.05) is 6.92 Å². The number of anilines is 1. The van der Waals surface area contributed by atoms with Crippen molar-refractivity contribution in [1.29, 1.82) is 0 Å². The summed E-state index contributed by atoms with van der Waals surface area (Å²) in [5, 5.41) is 7.06. The lowest BCUT2D eigenvalue weighted by Crippen LogP contribution is -2.24. The summed E-state index contributed by atoms with van der Waals surface area (Å²) in [5.74, 6) is -0.268. The summed E-state index contributed by atoms with van der Waals surface area (Å²) in [6, 6.07) is 5.94. The first-order valence-electron chi connectivity index (χ1n) is 7.75. The van der Waals surface area contributed by atoms with Crippen LogP contribution in [0.25, 0.3) is 5.69 Å². The lowest BCUT2D eigenvalue weighted by atomic mass is 10.2. The van der Waals surface area contributed by atoms with Crippen LogP contribution in [0.1, 0.15) is 28.5 Å². The van der Waals surface area contributed by atoms with Gasteiger partial charge in [-0.3, -0.25) is 4.79 Å². The minimum Gasteiger partial charge on any atom is -0.383 e. The number of carbonyl (C=O) groups is 1. The second kappa shape index (κ2) is 7.08. The number of nitrogens with zero attached hydrogens (tertiary/aromatic N) is 4. The number of hydrogen-bond acceptors (Lipinski definition) is 5. The van der Waals surface area contributed by atoms with Crippen LogP contribution in [0.2, 0.25) is 0 Å². The highest BCUT2D eigenvalue weighted by Crippen LogP contribution is 2.16. The van der Waals surface area contributed by atoms with Crippen molar-refractivity contribution in [1.82, 2.24) is 25.1 Å². The average molecular weight is 340 g/mol. The molecule has 0 saturated heterocycles. The van der Waals surface area contributed by atoms with E-state index in [0.29, 0.717) is 29.1 Å². The molecule has 0 saturated carbocycles. The molecule has 2 aromatic heterocycles. The molecule has 0 unspecified atom stereocenters. The molecule has 0 atom stereocenters. The molecule has 1 amide bonds. The number of benzene rings is 1. The number of nitrogens with one attached hydrogen (secondary N) is 1. The fourth-order valence-electron chi connectivity index (χ4n) is 2.48. The van der Waals surface area contributed by atoms with E-state index in [9.17, 15) is 9.18 Å². The minimum atomic E-state index is -0.324. The number of aromatic nitrogens is 4. The van der Waals surface area contributed by atoms with Crippen molar-refractivity contribution in [3.63, 3.8) is 0 Å². The monoisotopic (exact) mass is 340 g/mol. The van der Waals surface area contributed by atoms with Crippen molar-refractivity contribution in [3.05, 3.63) is 65.6 Å². The summed E-state index contributed by atoms with van der Waals surface area (Å²) >= 11 is 0. The first kappa shape index (κ1) is 16.6. The van der Waals surface area contributed by atoms with Crippen molar-refractivity contribution in [2.45, 2.75) is 19.9 Å². The Bertz CT molecular complexity index is 890. The molecule has 8 heteroatoms. The zero-order valence-electron chi connectivity index (χ0n) is 13.6. The second-order valence-electron chi connectivity index (χ2n) is 5.36. The Hall–Kier alpha value is -3.29. The van der Waals surface area contributed by atoms with Gasteiger partial charge in [-0.25, -0.2) is 19.0 Å². The van der Waals surface area contributed by atoms with Gasteiger partial charge in [0.25, 0.3) is 5.91 Å². The van der Waals surface area contributed by atoms with E-state index in [4.69, 9.17) is 5.73 Å². The minimum absolute atomic E-state index is 0.219. The summed E-state index contributed by atoms with van der Waals surface area (Å²) in [6.07, 6.45) is 5.01. The first-order chi connectivity index (χ1) is 12.1. The maximum atomic E-state index is 13.1. The van der Waals surface area contributed by atoms with Gasteiger partial charge in [0.05, 0.1) is 23.1 Å². The maximum Gasteiger partial charge on any atom is 0.255 e. The molecule has 2 heterocycles. The third kappa shape index (κ3) is 3.47. The lowest BCUT2D eigenvalue weighted by Gasteiger charge is -2.09. The molecule has 0 fully saturated rings. The largest absolute Gasteiger partial charge is 0.383 e. The predicted molar refractivity (Wildman–Crippen MR) is 90.5 cm³/mol. The molecule has 3 N–H and O–H groups in total. The molecule has 0 aliphatic carbocycles. The van der Waals surface area contributed by atoms with Crippen molar-refractivity contribution < 1.29 is 9.18 Å². The third-order valence-electron chi connectivity index (χ3n) is 3.78. The smallest absolute Gasteiger partial charge is 0.255 e. The van der Waals surface area contributed by atoms with Crippen LogP contribution in [0, 0.1) is 5.82 Å². The van der Waals surface area contributed by atoms with E-state index >= 15 is 0 Å². The van der Waals surface area contributed by atoms with Crippen LogP contribution < -0.4 is 11.1 Å². The zero-order chi connectivity index (χ0) is 17.8. The molecule has 3 rings (SSSR count). The quantitative estimate of drug-likeness (QED) is 0.739. The lowest BCUT2D eigenvalue weighted by molar-refractivity contribution is 0.0950. The maximum absolute atomic E-state index is 13.1. The van der Waals surface area contributed by atoms with E-state index in [2.05, 4.69) is 20.4 Å². The number of halogens is 1. The predicted octanol–water partition coefficient (Wildman–Crippen LogP) is 1.88. The molecular formula is C17H17FN6O. The summed E-state index contributed by atoms with van der Waals surface area (Å²) in [6.45, 7) is 2.15. The highest BCUT2D eigenvalue weighted by atomic mass is 19.1. The Morgan fingerprint density at radius 3 is 2.72 bits per heavy atom. The molecule has 25 heavy (non-hydrogen) atoms. The van der Waals surface area contributed by atoms with Gasteiger partial charge in [0.15, 0.2) is 0 Å². The second-order valence-corrected chi connectivity index (χ2v) is 5.36. The summed E-state index contributed by atoms with van der Waals surface area (Å²) in [4.78, 5) is 20.3. The van der Waals surface area contributed by atoms with Gasteiger partial charge in [-0.05, 0) is 30.7 Å². The van der Waals surface area contributed by atoms with E-state index in [-0.39, 0.29) is 18.3 Å². The third-order valence-corrected chi connectivity index (χ3v) is 3.78. The number of nitrogen functional groups attached to an aromatic ring is 1. The molecule has 1 aromatic carbocycles. The summed E-state index contributed by atoms with van der Waals surface area (Å²) < 4.78 is 14.7. The van der Waals surface area contributed by atoms with Gasteiger partial charge in [-0.15, -0.1) is 0 Å². The average Bonchev–Trinajstić information content (AvgIpc) is 3.05. The van der Waals surface area contributed by atoms with Gasteiger partial charge in [-0.1, -0.05) is 6.92 Å². The molecule has 0 bridgehead atoms. The SMILES string of the molecule is CCc1c(C(=O)NCc2cncnc2N)cnn1-c1ccc(F)cc1. The molecule has 0 aliphatic heterocycles. The van der Waals surface area contributed by atoms with Gasteiger partial charge in [0, 0.05) is 18.3 Å². The van der Waals surface area contributed by atoms with Crippen molar-refractivity contribution in [3.8, 4) is 5.69 Å². The molecular weight excluding hydrogens is 323 g/mol. The molecule has 0 aliphatic rings. The Morgan fingerprint density at radius 1 is 1.28 bits per heavy atom. The van der Waals surface area contributed by atoms with Crippen LogP contribution in [0.15, 0.2) is 43.0 Å². The summed E-state index contributed by atoms with van der Waals surface area (Å²) in [7, 11) is 0. The van der Waals surface area contributed by atoms with Gasteiger partial charge in [-0.2, -0.15) is 5.10 Å². The fraction of sp³-hybridized carbons (Fsp3) is 0.176. The van der Waals surface area contributed by atoms with Crippen LogP contribution in [0.3, 0.4) is 0 Å². The molecule has 0 spiro atoms. The highest BCUT2D eigenvalue weighted by Gasteiger charge is 2.17. The van der Waals surface area contributed by atoms with Crippen molar-refractivity contribution >= 4 is 11.7 Å². The Labute approximate surface area is 143 Å². The Morgan fingerprint density at radius 2 is 2.04 bits per heavy atom. The van der Waals surface area contributed by atoms with E-state index < -0.39 is 0 Å². The van der Waals surface area contributed by atoms with Gasteiger partial charge >= 0.3 is 0 Å². The number of nitrogens with two attached hydrogens (primary N) is 1. The molecule has 0 radical (unpaired) electrons. The molecule has 3 aromatic rings. The van der Waals surface area contributed by atoms with E-state index in [1.54, 1.807) is 23.0 Å². The summed E-state index contributed by atoms with van der Waals surface area (Å²) in [5.41, 5.74) is 8.27. The number of rotatable bonds is 5. The first-order valence-corrected chi connectivity index (χ1v) is 7.75. The number of carbonyl (C=O) groups excluding carboxylic acids is 1.